The number of hydrogen-bond donors (Lipinski definition) is 1. The molecule has 0 atom stereocenters. The van der Waals surface area contributed by atoms with Crippen LogP contribution in [0, 0.1) is 0 Å². The summed E-state index contributed by atoms with van der Waals surface area (Å²) in [5.41, 5.74) is 2.45. The molecule has 1 aromatic carbocycles. The number of nitrogens with zero attached hydrogens (tertiary/aromatic N) is 5. The van der Waals surface area contributed by atoms with E-state index in [0.717, 1.165) is 15.8 Å². The van der Waals surface area contributed by atoms with Gasteiger partial charge in [-0.2, -0.15) is 0 Å². The Hall–Kier alpha value is -2.87. The van der Waals surface area contributed by atoms with Gasteiger partial charge in [-0.3, -0.25) is 0 Å². The molecule has 8 heteroatoms. The van der Waals surface area contributed by atoms with Crippen LogP contribution in [-0.2, 0) is 13.2 Å². The van der Waals surface area contributed by atoms with Gasteiger partial charge in [-0.25, -0.2) is 9.67 Å². The molecule has 7 nitrogen and oxygen atoms in total. The Labute approximate surface area is 151 Å². The molecule has 0 saturated heterocycles. The van der Waals surface area contributed by atoms with Crippen LogP contribution in [0.15, 0.2) is 59.5 Å². The normalized spacial score (nSPS) is 11.1. The predicted molar refractivity (Wildman–Crippen MR) is 94.5 cm³/mol. The SMILES string of the molecule is Oc1cccc(OCc2cn(Cc3cn4cccc(Br)c4n3)nn2)c1. The second-order valence-electron chi connectivity index (χ2n) is 5.51. The maximum absolute atomic E-state index is 9.43. The fraction of sp³-hybridized carbons (Fsp3) is 0.118. The zero-order valence-corrected chi connectivity index (χ0v) is 14.7. The van der Waals surface area contributed by atoms with Crippen molar-refractivity contribution in [1.82, 2.24) is 24.4 Å². The van der Waals surface area contributed by atoms with Crippen LogP contribution in [0.4, 0.5) is 0 Å². The Balaban J connectivity index is 1.44. The van der Waals surface area contributed by atoms with Crippen LogP contribution in [0.1, 0.15) is 11.4 Å². The Morgan fingerprint density at radius 1 is 1.12 bits per heavy atom. The number of rotatable bonds is 5. The fourth-order valence-electron chi connectivity index (χ4n) is 2.48. The van der Waals surface area contributed by atoms with Crippen LogP contribution in [0.25, 0.3) is 5.65 Å². The van der Waals surface area contributed by atoms with Crippen LogP contribution in [0.2, 0.25) is 0 Å². The summed E-state index contributed by atoms with van der Waals surface area (Å²) < 4.78 is 10.2. The monoisotopic (exact) mass is 399 g/mol. The maximum Gasteiger partial charge on any atom is 0.151 e. The molecule has 0 radical (unpaired) electrons. The highest BCUT2D eigenvalue weighted by molar-refractivity contribution is 9.10. The van der Waals surface area contributed by atoms with Crippen molar-refractivity contribution in [2.75, 3.05) is 0 Å². The molecule has 0 aliphatic rings. The van der Waals surface area contributed by atoms with Gasteiger partial charge in [0.1, 0.15) is 23.8 Å². The number of aromatic nitrogens is 5. The Morgan fingerprint density at radius 2 is 2.04 bits per heavy atom. The second kappa shape index (κ2) is 6.56. The first kappa shape index (κ1) is 15.6. The molecular weight excluding hydrogens is 386 g/mol. The molecule has 126 valence electrons. The molecule has 0 bridgehead atoms. The average molecular weight is 400 g/mol. The third-order valence-corrected chi connectivity index (χ3v) is 4.22. The van der Waals surface area contributed by atoms with Gasteiger partial charge in [-0.15, -0.1) is 5.10 Å². The van der Waals surface area contributed by atoms with Gasteiger partial charge >= 0.3 is 0 Å². The number of phenols is 1. The van der Waals surface area contributed by atoms with Gasteiger partial charge in [0.25, 0.3) is 0 Å². The summed E-state index contributed by atoms with van der Waals surface area (Å²) >= 11 is 3.50. The summed E-state index contributed by atoms with van der Waals surface area (Å²) in [5.74, 6) is 0.749. The highest BCUT2D eigenvalue weighted by Gasteiger charge is 2.08. The van der Waals surface area contributed by atoms with Crippen molar-refractivity contribution in [3.05, 3.63) is 70.8 Å². The number of phenolic OH excluding ortho intramolecular Hbond substituents is 1. The van der Waals surface area contributed by atoms with E-state index in [2.05, 4.69) is 31.2 Å². The van der Waals surface area contributed by atoms with Crippen LogP contribution in [0.5, 0.6) is 11.5 Å². The lowest BCUT2D eigenvalue weighted by atomic mass is 10.3. The van der Waals surface area contributed by atoms with Crippen molar-refractivity contribution in [1.29, 1.82) is 0 Å². The second-order valence-corrected chi connectivity index (χ2v) is 6.37. The van der Waals surface area contributed by atoms with Gasteiger partial charge in [-0.05, 0) is 40.2 Å². The number of ether oxygens (including phenoxy) is 1. The molecule has 1 N–H and O–H groups in total. The van der Waals surface area contributed by atoms with Crippen LogP contribution >= 0.6 is 15.9 Å². The fourth-order valence-corrected chi connectivity index (χ4v) is 2.93. The molecule has 4 aromatic rings. The summed E-state index contributed by atoms with van der Waals surface area (Å²) in [5, 5.41) is 17.6. The van der Waals surface area contributed by atoms with E-state index in [9.17, 15) is 5.11 Å². The molecule has 0 amide bonds. The highest BCUT2D eigenvalue weighted by Crippen LogP contribution is 2.19. The number of pyridine rings is 1. The van der Waals surface area contributed by atoms with Crippen molar-refractivity contribution in [2.24, 2.45) is 0 Å². The molecular formula is C17H14BrN5O2. The molecule has 0 fully saturated rings. The molecule has 0 spiro atoms. The third kappa shape index (κ3) is 3.48. The summed E-state index contributed by atoms with van der Waals surface area (Å²) in [4.78, 5) is 4.59. The van der Waals surface area contributed by atoms with Gasteiger partial charge < -0.3 is 14.2 Å². The van der Waals surface area contributed by atoms with E-state index in [1.807, 2.05) is 35.1 Å². The van der Waals surface area contributed by atoms with Crippen molar-refractivity contribution in [3.63, 3.8) is 0 Å². The summed E-state index contributed by atoms with van der Waals surface area (Å²) in [6.45, 7) is 0.799. The lowest BCUT2D eigenvalue weighted by Gasteiger charge is -2.03. The van der Waals surface area contributed by atoms with Gasteiger partial charge in [0.05, 0.1) is 22.9 Å². The summed E-state index contributed by atoms with van der Waals surface area (Å²) in [6, 6.07) is 10.6. The smallest absolute Gasteiger partial charge is 0.151 e. The third-order valence-electron chi connectivity index (χ3n) is 3.60. The van der Waals surface area contributed by atoms with E-state index < -0.39 is 0 Å². The molecule has 0 unspecified atom stereocenters. The van der Waals surface area contributed by atoms with E-state index >= 15 is 0 Å². The quantitative estimate of drug-likeness (QED) is 0.557. The number of fused-ring (bicyclic) bond motifs is 1. The topological polar surface area (TPSA) is 77.5 Å². The van der Waals surface area contributed by atoms with Crippen LogP contribution < -0.4 is 4.74 Å². The van der Waals surface area contributed by atoms with E-state index in [1.54, 1.807) is 28.9 Å². The van der Waals surface area contributed by atoms with Crippen molar-refractivity contribution < 1.29 is 9.84 Å². The van der Waals surface area contributed by atoms with E-state index in [-0.39, 0.29) is 12.4 Å². The summed E-state index contributed by atoms with van der Waals surface area (Å²) in [7, 11) is 0. The Morgan fingerprint density at radius 3 is 2.88 bits per heavy atom. The number of halogens is 1. The maximum atomic E-state index is 9.43. The molecule has 3 heterocycles. The number of aromatic hydroxyl groups is 1. The highest BCUT2D eigenvalue weighted by atomic mass is 79.9. The predicted octanol–water partition coefficient (Wildman–Crippen LogP) is 3.02. The van der Waals surface area contributed by atoms with Gasteiger partial charge in [0.2, 0.25) is 0 Å². The number of benzene rings is 1. The van der Waals surface area contributed by atoms with E-state index in [0.29, 0.717) is 18.0 Å². The van der Waals surface area contributed by atoms with Crippen molar-refractivity contribution >= 4 is 21.6 Å². The van der Waals surface area contributed by atoms with E-state index in [4.69, 9.17) is 4.74 Å². The Bertz CT molecular complexity index is 1030. The lowest BCUT2D eigenvalue weighted by molar-refractivity contribution is 0.299. The van der Waals surface area contributed by atoms with Crippen LogP contribution in [-0.4, -0.2) is 29.5 Å². The van der Waals surface area contributed by atoms with Crippen molar-refractivity contribution in [3.8, 4) is 11.5 Å². The van der Waals surface area contributed by atoms with Gasteiger partial charge in [-0.1, -0.05) is 11.3 Å². The molecule has 0 saturated carbocycles. The minimum atomic E-state index is 0.166. The van der Waals surface area contributed by atoms with E-state index in [1.165, 1.54) is 0 Å². The molecule has 3 aromatic heterocycles. The molecule has 0 aliphatic heterocycles. The van der Waals surface area contributed by atoms with Crippen LogP contribution in [0.3, 0.4) is 0 Å². The number of imidazole rings is 1. The first-order valence-corrected chi connectivity index (χ1v) is 8.39. The zero-order chi connectivity index (χ0) is 17.2. The van der Waals surface area contributed by atoms with Crippen molar-refractivity contribution in [2.45, 2.75) is 13.2 Å². The zero-order valence-electron chi connectivity index (χ0n) is 13.1. The average Bonchev–Trinajstić information content (AvgIpc) is 3.21. The summed E-state index contributed by atoms with van der Waals surface area (Å²) in [6.07, 6.45) is 5.74. The first-order valence-electron chi connectivity index (χ1n) is 7.60. The minimum absolute atomic E-state index is 0.166. The lowest BCUT2D eigenvalue weighted by Crippen LogP contribution is -2.00. The molecule has 0 aliphatic carbocycles. The minimum Gasteiger partial charge on any atom is -0.508 e. The Kier molecular flexibility index (Phi) is 4.10. The van der Waals surface area contributed by atoms with Gasteiger partial charge in [0, 0.05) is 18.5 Å². The largest absolute Gasteiger partial charge is 0.508 e. The number of hydrogen-bond acceptors (Lipinski definition) is 5. The standard InChI is InChI=1S/C17H14BrN5O2/c18-16-5-2-6-22-8-12(19-17(16)22)9-23-10-13(20-21-23)11-25-15-4-1-3-14(24)7-15/h1-8,10,24H,9,11H2. The molecule has 25 heavy (non-hydrogen) atoms. The van der Waals surface area contributed by atoms with Gasteiger partial charge in [0.15, 0.2) is 5.65 Å². The first-order chi connectivity index (χ1) is 12.2. The molecule has 4 rings (SSSR count).